The summed E-state index contributed by atoms with van der Waals surface area (Å²) in [5.74, 6) is -0.966. The molecule has 0 unspecified atom stereocenters. The molecule has 1 aromatic rings. The minimum atomic E-state index is -1.62. The molecule has 0 bridgehead atoms. The summed E-state index contributed by atoms with van der Waals surface area (Å²) >= 11 is 3.20. The van der Waals surface area contributed by atoms with Gasteiger partial charge in [-0.1, -0.05) is 6.92 Å². The van der Waals surface area contributed by atoms with E-state index in [0.29, 0.717) is 17.6 Å². The third kappa shape index (κ3) is 2.77. The Labute approximate surface area is 114 Å². The van der Waals surface area contributed by atoms with Crippen LogP contribution < -0.4 is 5.32 Å². The fraction of sp³-hybridized carbons (Fsp3) is 0.545. The predicted octanol–water partition coefficient (Wildman–Crippen LogP) is 3.20. The highest BCUT2D eigenvalue weighted by Crippen LogP contribution is 2.40. The van der Waals surface area contributed by atoms with Gasteiger partial charge in [0.15, 0.2) is 0 Å². The number of alkyl halides is 1. The van der Waals surface area contributed by atoms with Crippen LogP contribution in [0.5, 0.6) is 0 Å². The Balaban J connectivity index is 0.00000144. The highest BCUT2D eigenvalue weighted by molar-refractivity contribution is 9.10. The lowest BCUT2D eigenvalue weighted by atomic mass is 9.80. The minimum Gasteiger partial charge on any atom is -0.316 e. The van der Waals surface area contributed by atoms with Crippen LogP contribution in [0, 0.1) is 11.9 Å². The maximum absolute atomic E-state index is 14.8. The van der Waals surface area contributed by atoms with Crippen LogP contribution in [0.3, 0.4) is 0 Å². The van der Waals surface area contributed by atoms with Crippen LogP contribution in [0.1, 0.15) is 18.9 Å². The van der Waals surface area contributed by atoms with E-state index in [0.717, 1.165) is 0 Å². The molecule has 0 amide bonds. The summed E-state index contributed by atoms with van der Waals surface area (Å²) in [6.07, 6.45) is 1.62. The van der Waals surface area contributed by atoms with Crippen LogP contribution in [0.4, 0.5) is 8.78 Å². The smallest absolute Gasteiger partial charge is 0.219 e. The molecule has 1 aromatic heterocycles. The van der Waals surface area contributed by atoms with Gasteiger partial charge >= 0.3 is 0 Å². The van der Waals surface area contributed by atoms with E-state index in [-0.39, 0.29) is 30.3 Å². The second-order valence-corrected chi connectivity index (χ2v) is 5.13. The molecular weight excluding hydrogens is 313 g/mol. The van der Waals surface area contributed by atoms with Gasteiger partial charge in [-0.15, -0.1) is 12.4 Å². The molecule has 1 fully saturated rings. The van der Waals surface area contributed by atoms with Gasteiger partial charge < -0.3 is 5.32 Å². The Hall–Kier alpha value is -0.260. The van der Waals surface area contributed by atoms with Gasteiger partial charge in [-0.05, 0) is 35.0 Å². The topological polar surface area (TPSA) is 24.9 Å². The van der Waals surface area contributed by atoms with Gasteiger partial charge in [0.1, 0.15) is 5.67 Å². The molecule has 0 saturated carbocycles. The number of rotatable bonds is 1. The fourth-order valence-corrected chi connectivity index (χ4v) is 2.44. The van der Waals surface area contributed by atoms with Gasteiger partial charge in [0.2, 0.25) is 5.95 Å². The highest BCUT2D eigenvalue weighted by Gasteiger charge is 2.42. The first-order chi connectivity index (χ1) is 7.54. The van der Waals surface area contributed by atoms with E-state index in [1.54, 1.807) is 6.92 Å². The number of hydrogen-bond acceptors (Lipinski definition) is 2. The van der Waals surface area contributed by atoms with Crippen molar-refractivity contribution in [1.29, 1.82) is 0 Å². The number of aromatic nitrogens is 1. The SMILES string of the molecule is C[C@H]1CNCC[C@]1(F)c1cc(Br)cnc1F.Cl. The van der Waals surface area contributed by atoms with Crippen molar-refractivity contribution in [3.05, 3.63) is 28.2 Å². The molecule has 6 heteroatoms. The zero-order valence-corrected chi connectivity index (χ0v) is 11.7. The molecule has 0 radical (unpaired) electrons. The van der Waals surface area contributed by atoms with Gasteiger partial charge in [0, 0.05) is 28.7 Å². The summed E-state index contributed by atoms with van der Waals surface area (Å²) in [5, 5.41) is 3.10. The third-order valence-electron chi connectivity index (χ3n) is 3.15. The second-order valence-electron chi connectivity index (χ2n) is 4.21. The summed E-state index contributed by atoms with van der Waals surface area (Å²) in [6, 6.07) is 1.49. The maximum atomic E-state index is 14.8. The van der Waals surface area contributed by atoms with Gasteiger partial charge in [-0.25, -0.2) is 9.37 Å². The normalized spacial score (nSPS) is 28.6. The van der Waals surface area contributed by atoms with Crippen molar-refractivity contribution in [2.75, 3.05) is 13.1 Å². The third-order valence-corrected chi connectivity index (χ3v) is 3.58. The van der Waals surface area contributed by atoms with Crippen molar-refractivity contribution >= 4 is 28.3 Å². The van der Waals surface area contributed by atoms with Gasteiger partial charge in [0.05, 0.1) is 0 Å². The molecule has 1 saturated heterocycles. The van der Waals surface area contributed by atoms with Crippen molar-refractivity contribution in [1.82, 2.24) is 10.3 Å². The van der Waals surface area contributed by atoms with Crippen molar-refractivity contribution < 1.29 is 8.78 Å². The van der Waals surface area contributed by atoms with Crippen molar-refractivity contribution in [3.63, 3.8) is 0 Å². The molecule has 96 valence electrons. The van der Waals surface area contributed by atoms with E-state index in [2.05, 4.69) is 26.2 Å². The summed E-state index contributed by atoms with van der Waals surface area (Å²) in [4.78, 5) is 3.56. The summed E-state index contributed by atoms with van der Waals surface area (Å²) in [5.41, 5.74) is -1.55. The van der Waals surface area contributed by atoms with E-state index < -0.39 is 11.6 Å². The zero-order valence-electron chi connectivity index (χ0n) is 9.34. The van der Waals surface area contributed by atoms with E-state index in [1.165, 1.54) is 12.3 Å². The summed E-state index contributed by atoms with van der Waals surface area (Å²) in [6.45, 7) is 2.90. The van der Waals surface area contributed by atoms with Crippen LogP contribution in [0.25, 0.3) is 0 Å². The van der Waals surface area contributed by atoms with Crippen molar-refractivity contribution in [2.45, 2.75) is 19.0 Å². The van der Waals surface area contributed by atoms with Crippen LogP contribution in [-0.4, -0.2) is 18.1 Å². The molecule has 2 atom stereocenters. The summed E-state index contributed by atoms with van der Waals surface area (Å²) in [7, 11) is 0. The van der Waals surface area contributed by atoms with Crippen molar-refractivity contribution in [2.24, 2.45) is 5.92 Å². The number of hydrogen-bond donors (Lipinski definition) is 1. The van der Waals surface area contributed by atoms with Crippen molar-refractivity contribution in [3.8, 4) is 0 Å². The number of halogens is 4. The summed E-state index contributed by atoms with van der Waals surface area (Å²) < 4.78 is 29.0. The molecule has 1 N–H and O–H groups in total. The molecule has 2 heterocycles. The molecule has 17 heavy (non-hydrogen) atoms. The van der Waals surface area contributed by atoms with Crippen LogP contribution >= 0.6 is 28.3 Å². The Bertz CT molecular complexity index is 405. The maximum Gasteiger partial charge on any atom is 0.219 e. The lowest BCUT2D eigenvalue weighted by Gasteiger charge is -2.36. The van der Waals surface area contributed by atoms with E-state index in [4.69, 9.17) is 0 Å². The van der Waals surface area contributed by atoms with E-state index in [9.17, 15) is 8.78 Å². The van der Waals surface area contributed by atoms with Crippen LogP contribution in [0.15, 0.2) is 16.7 Å². The number of nitrogens with one attached hydrogen (secondary N) is 1. The number of pyridine rings is 1. The highest BCUT2D eigenvalue weighted by atomic mass is 79.9. The van der Waals surface area contributed by atoms with Gasteiger partial charge in [0.25, 0.3) is 0 Å². The Morgan fingerprint density at radius 2 is 2.29 bits per heavy atom. The predicted molar refractivity (Wildman–Crippen MR) is 68.6 cm³/mol. The first-order valence-electron chi connectivity index (χ1n) is 5.25. The molecule has 0 aliphatic carbocycles. The van der Waals surface area contributed by atoms with E-state index >= 15 is 0 Å². The molecule has 2 nitrogen and oxygen atoms in total. The molecule has 1 aliphatic heterocycles. The minimum absolute atomic E-state index is 0. The number of nitrogens with zero attached hydrogens (tertiary/aromatic N) is 1. The average molecular weight is 328 g/mol. The molecule has 0 spiro atoms. The fourth-order valence-electron chi connectivity index (χ4n) is 2.11. The van der Waals surface area contributed by atoms with Gasteiger partial charge in [-0.2, -0.15) is 4.39 Å². The van der Waals surface area contributed by atoms with Crippen LogP contribution in [-0.2, 0) is 5.67 Å². The largest absolute Gasteiger partial charge is 0.316 e. The Morgan fingerprint density at radius 1 is 1.59 bits per heavy atom. The zero-order chi connectivity index (χ0) is 11.8. The molecule has 2 rings (SSSR count). The second kappa shape index (κ2) is 5.59. The Morgan fingerprint density at radius 3 is 2.94 bits per heavy atom. The number of piperidine rings is 1. The Kier molecular flexibility index (Phi) is 4.86. The quantitative estimate of drug-likeness (QED) is 0.801. The monoisotopic (exact) mass is 326 g/mol. The molecule has 0 aromatic carbocycles. The van der Waals surface area contributed by atoms with Crippen LogP contribution in [0.2, 0.25) is 0 Å². The van der Waals surface area contributed by atoms with E-state index in [1.807, 2.05) is 0 Å². The molecule has 1 aliphatic rings. The molecular formula is C11H14BrClF2N2. The first-order valence-corrected chi connectivity index (χ1v) is 6.04. The average Bonchev–Trinajstić information content (AvgIpc) is 2.26. The standard InChI is InChI=1S/C11H13BrF2N2.ClH/c1-7-5-15-3-2-11(7,14)9-4-8(12)6-16-10(9)13;/h4,6-7,15H,2-3,5H2,1H3;1H/t7-,11+;/m0./s1. The van der Waals surface area contributed by atoms with Gasteiger partial charge in [-0.3, -0.25) is 0 Å². The lowest BCUT2D eigenvalue weighted by Crippen LogP contribution is -2.44. The first kappa shape index (κ1) is 14.8. The lowest BCUT2D eigenvalue weighted by molar-refractivity contribution is 0.0503.